The SMILES string of the molecule is CC(Oc1ccc(Cl)cc1)C(=O)N1CCN(C(=O)CNC(=O)OC(C)(C)C)CC1. The molecule has 0 saturated carbocycles. The van der Waals surface area contributed by atoms with Gasteiger partial charge >= 0.3 is 6.09 Å². The first-order chi connectivity index (χ1) is 13.5. The van der Waals surface area contributed by atoms with Crippen molar-refractivity contribution in [3.05, 3.63) is 29.3 Å². The van der Waals surface area contributed by atoms with Gasteiger partial charge in [-0.3, -0.25) is 9.59 Å². The summed E-state index contributed by atoms with van der Waals surface area (Å²) in [6.45, 7) is 8.42. The van der Waals surface area contributed by atoms with Crippen molar-refractivity contribution in [1.82, 2.24) is 15.1 Å². The second-order valence-electron chi connectivity index (χ2n) is 7.78. The van der Waals surface area contributed by atoms with Gasteiger partial charge in [-0.15, -0.1) is 0 Å². The molecule has 1 fully saturated rings. The van der Waals surface area contributed by atoms with Crippen LogP contribution in [0.3, 0.4) is 0 Å². The molecule has 1 saturated heterocycles. The van der Waals surface area contributed by atoms with Gasteiger partial charge < -0.3 is 24.6 Å². The minimum atomic E-state index is -0.646. The summed E-state index contributed by atoms with van der Waals surface area (Å²) < 4.78 is 10.8. The molecule has 0 aromatic heterocycles. The van der Waals surface area contributed by atoms with Crippen LogP contribution in [0, 0.1) is 0 Å². The van der Waals surface area contributed by atoms with Crippen LogP contribution in [0.25, 0.3) is 0 Å². The first kappa shape index (κ1) is 22.8. The Morgan fingerprint density at radius 2 is 1.62 bits per heavy atom. The lowest BCUT2D eigenvalue weighted by Gasteiger charge is -2.36. The third-order valence-electron chi connectivity index (χ3n) is 4.20. The van der Waals surface area contributed by atoms with Crippen molar-refractivity contribution in [2.24, 2.45) is 0 Å². The van der Waals surface area contributed by atoms with E-state index in [1.54, 1.807) is 61.8 Å². The molecule has 0 radical (unpaired) electrons. The Balaban J connectivity index is 1.75. The number of nitrogens with zero attached hydrogens (tertiary/aromatic N) is 2. The van der Waals surface area contributed by atoms with E-state index in [1.807, 2.05) is 0 Å². The van der Waals surface area contributed by atoms with Gasteiger partial charge in [0, 0.05) is 31.2 Å². The number of hydrogen-bond donors (Lipinski definition) is 1. The topological polar surface area (TPSA) is 88.2 Å². The highest BCUT2D eigenvalue weighted by molar-refractivity contribution is 6.30. The molecule has 160 valence electrons. The van der Waals surface area contributed by atoms with Gasteiger partial charge in [-0.1, -0.05) is 11.6 Å². The van der Waals surface area contributed by atoms with Crippen LogP contribution in [-0.4, -0.2) is 72.1 Å². The van der Waals surface area contributed by atoms with Gasteiger partial charge in [-0.2, -0.15) is 0 Å². The monoisotopic (exact) mass is 425 g/mol. The summed E-state index contributed by atoms with van der Waals surface area (Å²) in [5.41, 5.74) is -0.621. The van der Waals surface area contributed by atoms with Crippen molar-refractivity contribution in [2.75, 3.05) is 32.7 Å². The average Bonchev–Trinajstić information content (AvgIpc) is 2.66. The zero-order valence-corrected chi connectivity index (χ0v) is 18.0. The van der Waals surface area contributed by atoms with Crippen molar-refractivity contribution in [2.45, 2.75) is 39.4 Å². The summed E-state index contributed by atoms with van der Waals surface area (Å²) in [5, 5.41) is 3.05. The molecule has 1 heterocycles. The number of carbonyl (C=O) groups excluding carboxylic acids is 3. The summed E-state index contributed by atoms with van der Waals surface area (Å²) in [5.74, 6) is 0.213. The summed E-state index contributed by atoms with van der Waals surface area (Å²) in [4.78, 5) is 39.8. The zero-order valence-electron chi connectivity index (χ0n) is 17.2. The third kappa shape index (κ3) is 7.45. The summed E-state index contributed by atoms with van der Waals surface area (Å²) >= 11 is 5.85. The molecular weight excluding hydrogens is 398 g/mol. The molecular formula is C20H28ClN3O5. The number of halogens is 1. The summed E-state index contributed by atoms with van der Waals surface area (Å²) in [6, 6.07) is 6.81. The zero-order chi connectivity index (χ0) is 21.6. The van der Waals surface area contributed by atoms with E-state index < -0.39 is 17.8 Å². The number of piperazine rings is 1. The van der Waals surface area contributed by atoms with Gasteiger partial charge in [0.25, 0.3) is 5.91 Å². The number of alkyl carbamates (subject to hydrolysis) is 1. The molecule has 29 heavy (non-hydrogen) atoms. The predicted molar refractivity (Wildman–Crippen MR) is 109 cm³/mol. The second-order valence-corrected chi connectivity index (χ2v) is 8.21. The normalized spacial score (nSPS) is 15.5. The van der Waals surface area contributed by atoms with E-state index in [0.717, 1.165) is 0 Å². The number of ether oxygens (including phenoxy) is 2. The minimum absolute atomic E-state index is 0.140. The molecule has 1 aromatic carbocycles. The Bertz CT molecular complexity index is 725. The molecule has 0 aliphatic carbocycles. The quantitative estimate of drug-likeness (QED) is 0.782. The van der Waals surface area contributed by atoms with Crippen LogP contribution in [0.1, 0.15) is 27.7 Å². The van der Waals surface area contributed by atoms with E-state index in [0.29, 0.717) is 37.0 Å². The Morgan fingerprint density at radius 3 is 2.17 bits per heavy atom. The number of benzene rings is 1. The molecule has 1 atom stereocenters. The summed E-state index contributed by atoms with van der Waals surface area (Å²) in [7, 11) is 0. The fraction of sp³-hybridized carbons (Fsp3) is 0.550. The Labute approximate surface area is 176 Å². The number of nitrogens with one attached hydrogen (secondary N) is 1. The van der Waals surface area contributed by atoms with E-state index in [-0.39, 0.29) is 18.4 Å². The predicted octanol–water partition coefficient (Wildman–Crippen LogP) is 2.30. The Kier molecular flexibility index (Phi) is 7.73. The van der Waals surface area contributed by atoms with Gasteiger partial charge in [0.15, 0.2) is 6.10 Å². The Hall–Kier alpha value is -2.48. The molecule has 0 spiro atoms. The molecule has 2 rings (SSSR count). The van der Waals surface area contributed by atoms with E-state index in [1.165, 1.54) is 0 Å². The van der Waals surface area contributed by atoms with E-state index in [2.05, 4.69) is 5.32 Å². The van der Waals surface area contributed by atoms with Crippen LogP contribution in [0.4, 0.5) is 4.79 Å². The maximum Gasteiger partial charge on any atom is 0.408 e. The fourth-order valence-electron chi connectivity index (χ4n) is 2.77. The van der Waals surface area contributed by atoms with Crippen LogP contribution in [0.2, 0.25) is 5.02 Å². The van der Waals surface area contributed by atoms with Crippen LogP contribution < -0.4 is 10.1 Å². The number of amides is 3. The molecule has 1 aromatic rings. The molecule has 3 amide bonds. The lowest BCUT2D eigenvalue weighted by Crippen LogP contribution is -2.54. The maximum absolute atomic E-state index is 12.6. The van der Waals surface area contributed by atoms with E-state index in [4.69, 9.17) is 21.1 Å². The summed E-state index contributed by atoms with van der Waals surface area (Å²) in [6.07, 6.45) is -1.28. The van der Waals surface area contributed by atoms with Gasteiger partial charge in [-0.05, 0) is 52.0 Å². The number of rotatable bonds is 5. The third-order valence-corrected chi connectivity index (χ3v) is 4.45. The molecule has 1 unspecified atom stereocenters. The van der Waals surface area contributed by atoms with E-state index in [9.17, 15) is 14.4 Å². The molecule has 0 bridgehead atoms. The standard InChI is InChI=1S/C20H28ClN3O5/c1-14(28-16-7-5-15(21)6-8-16)18(26)24-11-9-23(10-12-24)17(25)13-22-19(27)29-20(2,3)4/h5-8,14H,9-13H2,1-4H3,(H,22,27). The lowest BCUT2D eigenvalue weighted by atomic mass is 10.2. The Morgan fingerprint density at radius 1 is 1.07 bits per heavy atom. The highest BCUT2D eigenvalue weighted by Crippen LogP contribution is 2.17. The van der Waals surface area contributed by atoms with Crippen molar-refractivity contribution in [3.63, 3.8) is 0 Å². The van der Waals surface area contributed by atoms with Crippen LogP contribution in [0.15, 0.2) is 24.3 Å². The minimum Gasteiger partial charge on any atom is -0.481 e. The van der Waals surface area contributed by atoms with Crippen molar-refractivity contribution >= 4 is 29.5 Å². The van der Waals surface area contributed by atoms with Gasteiger partial charge in [0.1, 0.15) is 17.9 Å². The van der Waals surface area contributed by atoms with Gasteiger partial charge in [0.2, 0.25) is 5.91 Å². The molecule has 9 heteroatoms. The highest BCUT2D eigenvalue weighted by atomic mass is 35.5. The first-order valence-electron chi connectivity index (χ1n) is 9.51. The second kappa shape index (κ2) is 9.82. The van der Waals surface area contributed by atoms with Crippen LogP contribution in [-0.2, 0) is 14.3 Å². The van der Waals surface area contributed by atoms with Crippen LogP contribution >= 0.6 is 11.6 Å². The molecule has 1 aliphatic heterocycles. The van der Waals surface area contributed by atoms with E-state index >= 15 is 0 Å². The van der Waals surface area contributed by atoms with Gasteiger partial charge in [-0.25, -0.2) is 4.79 Å². The van der Waals surface area contributed by atoms with Crippen molar-refractivity contribution in [3.8, 4) is 5.75 Å². The highest BCUT2D eigenvalue weighted by Gasteiger charge is 2.28. The largest absolute Gasteiger partial charge is 0.481 e. The van der Waals surface area contributed by atoms with Crippen molar-refractivity contribution in [1.29, 1.82) is 0 Å². The first-order valence-corrected chi connectivity index (χ1v) is 9.88. The number of carbonyl (C=O) groups is 3. The van der Waals surface area contributed by atoms with Crippen molar-refractivity contribution < 1.29 is 23.9 Å². The smallest absolute Gasteiger partial charge is 0.408 e. The maximum atomic E-state index is 12.6. The molecule has 1 aliphatic rings. The lowest BCUT2D eigenvalue weighted by molar-refractivity contribution is -0.143. The average molecular weight is 426 g/mol. The van der Waals surface area contributed by atoms with Gasteiger partial charge in [0.05, 0.1) is 0 Å². The number of hydrogen-bond acceptors (Lipinski definition) is 5. The van der Waals surface area contributed by atoms with Crippen LogP contribution in [0.5, 0.6) is 5.75 Å². The fourth-order valence-corrected chi connectivity index (χ4v) is 2.90. The molecule has 1 N–H and O–H groups in total. The molecule has 8 nitrogen and oxygen atoms in total.